The second-order valence-corrected chi connectivity index (χ2v) is 16.1. The van der Waals surface area contributed by atoms with Gasteiger partial charge in [0.15, 0.2) is 17.5 Å². The van der Waals surface area contributed by atoms with Crippen LogP contribution < -0.4 is 4.74 Å². The van der Waals surface area contributed by atoms with Crippen LogP contribution >= 0.6 is 0 Å². The van der Waals surface area contributed by atoms with E-state index in [4.69, 9.17) is 19.7 Å². The molecule has 0 saturated carbocycles. The lowest BCUT2D eigenvalue weighted by molar-refractivity contribution is 0.429. The molecule has 0 spiro atoms. The zero-order valence-electron chi connectivity index (χ0n) is 34.7. The summed E-state index contributed by atoms with van der Waals surface area (Å²) in [6.07, 6.45) is 0. The summed E-state index contributed by atoms with van der Waals surface area (Å²) in [5.41, 5.74) is 14.3. The maximum Gasteiger partial charge on any atom is 0.164 e. The lowest BCUT2D eigenvalue weighted by atomic mass is 9.68. The molecule has 4 heteroatoms. The Kier molecular flexibility index (Phi) is 9.59. The number of fused-ring (bicyclic) bond motifs is 2. The summed E-state index contributed by atoms with van der Waals surface area (Å²) in [5.74, 6) is 3.47. The number of hydrogen-bond donors (Lipinski definition) is 0. The second kappa shape index (κ2) is 16.0. The smallest absolute Gasteiger partial charge is 0.164 e. The molecule has 0 bridgehead atoms. The normalized spacial score (nSPS) is 14.0. The molecule has 0 amide bonds. The topological polar surface area (TPSA) is 47.9 Å². The first-order valence-electron chi connectivity index (χ1n) is 21.4. The third kappa shape index (κ3) is 6.88. The van der Waals surface area contributed by atoms with E-state index in [1.54, 1.807) is 0 Å². The summed E-state index contributed by atoms with van der Waals surface area (Å²) < 4.78 is 7.07. The number of ether oxygens (including phenoxy) is 1. The van der Waals surface area contributed by atoms with Crippen molar-refractivity contribution in [2.24, 2.45) is 0 Å². The van der Waals surface area contributed by atoms with E-state index in [9.17, 15) is 0 Å². The molecule has 1 aliphatic heterocycles. The molecule has 11 rings (SSSR count). The van der Waals surface area contributed by atoms with Crippen molar-refractivity contribution in [1.29, 1.82) is 0 Å². The molecule has 298 valence electrons. The third-order valence-corrected chi connectivity index (χ3v) is 12.3. The zero-order valence-corrected chi connectivity index (χ0v) is 34.7. The summed E-state index contributed by atoms with van der Waals surface area (Å²) in [4.78, 5) is 15.6. The number of aromatic nitrogens is 3. The van der Waals surface area contributed by atoms with Crippen LogP contribution in [0.1, 0.15) is 23.6 Å². The summed E-state index contributed by atoms with van der Waals surface area (Å²) in [7, 11) is 0. The van der Waals surface area contributed by atoms with Crippen LogP contribution in [0.5, 0.6) is 11.5 Å². The van der Waals surface area contributed by atoms with Crippen LogP contribution in [-0.2, 0) is 5.41 Å². The minimum atomic E-state index is -0.481. The quantitative estimate of drug-likeness (QED) is 0.153. The summed E-state index contributed by atoms with van der Waals surface area (Å²) >= 11 is 0. The van der Waals surface area contributed by atoms with E-state index in [1.807, 2.05) is 60.7 Å². The minimum Gasteiger partial charge on any atom is -0.456 e. The molecule has 0 radical (unpaired) electrons. The SMILES string of the molecule is CC1(c2ccccc2)c2ccccc2Oc2c(-c3cc(-c4nc(-c5ccccc5)nc(-c5ccccc5)n4)cc(-c4c(-c5ccccc5)cccc4-c4ccccc4)c3)cccc21. The highest BCUT2D eigenvalue weighted by molar-refractivity contribution is 5.97. The molecule has 1 aliphatic rings. The molecular formula is C59H41N3O. The average Bonchev–Trinajstić information content (AvgIpc) is 3.37. The van der Waals surface area contributed by atoms with Gasteiger partial charge in [0.2, 0.25) is 0 Å². The van der Waals surface area contributed by atoms with Crippen LogP contribution in [-0.4, -0.2) is 15.0 Å². The number of rotatable bonds is 8. The predicted molar refractivity (Wildman–Crippen MR) is 256 cm³/mol. The van der Waals surface area contributed by atoms with E-state index in [0.717, 1.165) is 83.8 Å². The number of nitrogens with zero attached hydrogens (tertiary/aromatic N) is 3. The highest BCUT2D eigenvalue weighted by atomic mass is 16.5. The van der Waals surface area contributed by atoms with Gasteiger partial charge >= 0.3 is 0 Å². The standard InChI is InChI=1S/C59H41N3O/c1-59(47-29-15-6-16-30-47)51-34-17-18-36-53(51)63-55-50(33-20-35-52(55)59)44-37-45(54-48(40-21-7-2-8-22-40)31-19-32-49(54)41-23-9-3-10-24-41)39-46(38-44)58-61-56(42-25-11-4-12-26-42)60-57(62-58)43-27-13-5-14-28-43/h2-39H,1H3. The van der Waals surface area contributed by atoms with Gasteiger partial charge < -0.3 is 4.74 Å². The van der Waals surface area contributed by atoms with Crippen LogP contribution in [0, 0.1) is 0 Å². The van der Waals surface area contributed by atoms with Gasteiger partial charge in [-0.2, -0.15) is 0 Å². The molecule has 9 aromatic carbocycles. The van der Waals surface area contributed by atoms with Crippen molar-refractivity contribution < 1.29 is 4.74 Å². The largest absolute Gasteiger partial charge is 0.456 e. The lowest BCUT2D eigenvalue weighted by Gasteiger charge is -2.39. The Morgan fingerprint density at radius 3 is 1.32 bits per heavy atom. The Morgan fingerprint density at radius 1 is 0.333 bits per heavy atom. The molecule has 1 unspecified atom stereocenters. The van der Waals surface area contributed by atoms with Gasteiger partial charge in [0.1, 0.15) is 11.5 Å². The fraction of sp³-hybridized carbons (Fsp3) is 0.0339. The van der Waals surface area contributed by atoms with Gasteiger partial charge in [0.25, 0.3) is 0 Å². The van der Waals surface area contributed by atoms with Crippen molar-refractivity contribution in [2.45, 2.75) is 12.3 Å². The highest BCUT2D eigenvalue weighted by Gasteiger charge is 2.40. The van der Waals surface area contributed by atoms with E-state index in [-0.39, 0.29) is 0 Å². The first kappa shape index (κ1) is 37.8. The Hall–Kier alpha value is -8.21. The monoisotopic (exact) mass is 807 g/mol. The fourth-order valence-corrected chi connectivity index (χ4v) is 9.15. The van der Waals surface area contributed by atoms with Crippen LogP contribution in [0.4, 0.5) is 0 Å². The molecule has 0 saturated heterocycles. The van der Waals surface area contributed by atoms with Crippen LogP contribution in [0.3, 0.4) is 0 Å². The number of hydrogen-bond acceptors (Lipinski definition) is 4. The van der Waals surface area contributed by atoms with Crippen molar-refractivity contribution in [3.8, 4) is 90.2 Å². The molecule has 10 aromatic rings. The maximum absolute atomic E-state index is 7.07. The van der Waals surface area contributed by atoms with E-state index < -0.39 is 5.41 Å². The Morgan fingerprint density at radius 2 is 0.746 bits per heavy atom. The highest BCUT2D eigenvalue weighted by Crippen LogP contribution is 2.55. The van der Waals surface area contributed by atoms with Crippen molar-refractivity contribution in [1.82, 2.24) is 15.0 Å². The van der Waals surface area contributed by atoms with E-state index >= 15 is 0 Å². The van der Waals surface area contributed by atoms with Gasteiger partial charge in [-0.15, -0.1) is 0 Å². The molecule has 0 fully saturated rings. The zero-order chi connectivity index (χ0) is 42.2. The second-order valence-electron chi connectivity index (χ2n) is 16.1. The first-order chi connectivity index (χ1) is 31.1. The first-order valence-corrected chi connectivity index (χ1v) is 21.4. The van der Waals surface area contributed by atoms with Crippen molar-refractivity contribution in [3.63, 3.8) is 0 Å². The lowest BCUT2D eigenvalue weighted by Crippen LogP contribution is -2.29. The molecule has 0 N–H and O–H groups in total. The molecule has 0 aliphatic carbocycles. The maximum atomic E-state index is 7.07. The number of benzene rings is 9. The minimum absolute atomic E-state index is 0.481. The summed E-state index contributed by atoms with van der Waals surface area (Å²) in [5, 5.41) is 0. The van der Waals surface area contributed by atoms with Crippen molar-refractivity contribution in [3.05, 3.63) is 247 Å². The van der Waals surface area contributed by atoms with Crippen LogP contribution in [0.25, 0.3) is 78.7 Å². The Labute approximate surface area is 367 Å². The average molecular weight is 808 g/mol. The van der Waals surface area contributed by atoms with Gasteiger partial charge in [-0.3, -0.25) is 0 Å². The van der Waals surface area contributed by atoms with Gasteiger partial charge in [-0.05, 0) is 75.7 Å². The van der Waals surface area contributed by atoms with Crippen LogP contribution in [0.15, 0.2) is 231 Å². The molecular weight excluding hydrogens is 767 g/mol. The van der Waals surface area contributed by atoms with Crippen LogP contribution in [0.2, 0.25) is 0 Å². The predicted octanol–water partition coefficient (Wildman–Crippen LogP) is 15.0. The molecule has 63 heavy (non-hydrogen) atoms. The molecule has 1 aromatic heterocycles. The van der Waals surface area contributed by atoms with Gasteiger partial charge in [-0.1, -0.05) is 206 Å². The van der Waals surface area contributed by atoms with E-state index in [2.05, 4.69) is 177 Å². The van der Waals surface area contributed by atoms with Crippen molar-refractivity contribution >= 4 is 0 Å². The summed E-state index contributed by atoms with van der Waals surface area (Å²) in [6.45, 7) is 2.32. The van der Waals surface area contributed by atoms with Gasteiger partial charge in [0, 0.05) is 38.8 Å². The van der Waals surface area contributed by atoms with Gasteiger partial charge in [-0.25, -0.2) is 15.0 Å². The molecule has 1 atom stereocenters. The van der Waals surface area contributed by atoms with Crippen molar-refractivity contribution in [2.75, 3.05) is 0 Å². The van der Waals surface area contributed by atoms with Gasteiger partial charge in [0.05, 0.1) is 0 Å². The molecule has 4 nitrogen and oxygen atoms in total. The molecule has 2 heterocycles. The fourth-order valence-electron chi connectivity index (χ4n) is 9.15. The van der Waals surface area contributed by atoms with E-state index in [1.165, 1.54) is 5.56 Å². The Bertz CT molecular complexity index is 3130. The Balaban J connectivity index is 1.21. The summed E-state index contributed by atoms with van der Waals surface area (Å²) in [6, 6.07) is 80.7. The van der Waals surface area contributed by atoms with E-state index in [0.29, 0.717) is 17.5 Å². The third-order valence-electron chi connectivity index (χ3n) is 12.3. The number of para-hydroxylation sites is 2.